The van der Waals surface area contributed by atoms with Crippen LogP contribution in [0.5, 0.6) is 5.88 Å². The number of benzene rings is 1. The lowest BCUT2D eigenvalue weighted by Gasteiger charge is -2.13. The van der Waals surface area contributed by atoms with Gasteiger partial charge in [-0.2, -0.15) is 31.4 Å². The van der Waals surface area contributed by atoms with Crippen LogP contribution >= 0.6 is 0 Å². The van der Waals surface area contributed by atoms with E-state index in [0.29, 0.717) is 6.20 Å². The highest BCUT2D eigenvalue weighted by atomic mass is 19.4. The van der Waals surface area contributed by atoms with Crippen molar-refractivity contribution < 1.29 is 31.1 Å². The van der Waals surface area contributed by atoms with Crippen molar-refractivity contribution >= 4 is 0 Å². The van der Waals surface area contributed by atoms with Crippen LogP contribution in [0.3, 0.4) is 0 Å². The monoisotopic (exact) mass is 350 g/mol. The van der Waals surface area contributed by atoms with Crippen LogP contribution in [0.25, 0.3) is 5.69 Å². The molecule has 0 N–H and O–H groups in total. The molecule has 0 atom stereocenters. The molecule has 1 heterocycles. The van der Waals surface area contributed by atoms with Crippen LogP contribution in [0.1, 0.15) is 24.0 Å². The highest BCUT2D eigenvalue weighted by Crippen LogP contribution is 2.39. The zero-order valence-electron chi connectivity index (χ0n) is 12.2. The van der Waals surface area contributed by atoms with E-state index >= 15 is 0 Å². The van der Waals surface area contributed by atoms with Crippen molar-refractivity contribution in [2.45, 2.75) is 25.2 Å². The fourth-order valence-electron chi connectivity index (χ4n) is 2.13. The molecule has 0 bridgehead atoms. The van der Waals surface area contributed by atoms with Crippen LogP contribution in [0.4, 0.5) is 26.3 Å². The van der Waals surface area contributed by atoms with Crippen LogP contribution in [-0.4, -0.2) is 16.4 Å². The first kappa shape index (κ1) is 16.7. The van der Waals surface area contributed by atoms with E-state index in [-0.39, 0.29) is 18.2 Å². The molecule has 0 unspecified atom stereocenters. The summed E-state index contributed by atoms with van der Waals surface area (Å²) in [5.74, 6) is -0.295. The number of alkyl halides is 6. The van der Waals surface area contributed by atoms with Gasteiger partial charge in [0.25, 0.3) is 0 Å². The second kappa shape index (κ2) is 5.71. The summed E-state index contributed by atoms with van der Waals surface area (Å²) in [6, 6.07) is 3.68. The molecule has 24 heavy (non-hydrogen) atoms. The minimum absolute atomic E-state index is 0.0595. The van der Waals surface area contributed by atoms with Crippen LogP contribution in [0.15, 0.2) is 30.5 Å². The predicted octanol–water partition coefficient (Wildman–Crippen LogP) is 4.70. The van der Waals surface area contributed by atoms with E-state index in [4.69, 9.17) is 4.74 Å². The molecule has 9 heteroatoms. The SMILES string of the molecule is FC(F)(F)c1ccc(-n2ncc(C(F)(F)F)c2OCC2CC2)cc1. The number of ether oxygens (including phenoxy) is 1. The third-order valence-corrected chi connectivity index (χ3v) is 3.62. The summed E-state index contributed by atoms with van der Waals surface area (Å²) in [5.41, 5.74) is -1.89. The van der Waals surface area contributed by atoms with Gasteiger partial charge < -0.3 is 4.74 Å². The molecular weight excluding hydrogens is 338 g/mol. The molecule has 1 saturated carbocycles. The molecule has 0 spiro atoms. The van der Waals surface area contributed by atoms with Crippen molar-refractivity contribution in [3.8, 4) is 11.6 Å². The van der Waals surface area contributed by atoms with Gasteiger partial charge in [-0.3, -0.25) is 0 Å². The lowest BCUT2D eigenvalue weighted by atomic mass is 10.2. The molecule has 1 aliphatic rings. The molecule has 130 valence electrons. The van der Waals surface area contributed by atoms with Crippen molar-refractivity contribution in [3.05, 3.63) is 41.6 Å². The third kappa shape index (κ3) is 3.49. The summed E-state index contributed by atoms with van der Waals surface area (Å²) in [7, 11) is 0. The molecule has 1 aromatic heterocycles. The molecule has 3 rings (SSSR count). The first-order valence-corrected chi connectivity index (χ1v) is 7.12. The summed E-state index contributed by atoms with van der Waals surface area (Å²) in [6.07, 6.45) is -6.81. The first-order chi connectivity index (χ1) is 11.2. The molecule has 2 aromatic rings. The van der Waals surface area contributed by atoms with Gasteiger partial charge in [-0.25, -0.2) is 4.68 Å². The van der Waals surface area contributed by atoms with Crippen LogP contribution in [-0.2, 0) is 12.4 Å². The molecular formula is C15H12F6N2O. The number of nitrogens with zero attached hydrogens (tertiary/aromatic N) is 2. The van der Waals surface area contributed by atoms with Crippen LogP contribution < -0.4 is 4.74 Å². The third-order valence-electron chi connectivity index (χ3n) is 3.62. The number of hydrogen-bond donors (Lipinski definition) is 0. The highest BCUT2D eigenvalue weighted by molar-refractivity contribution is 5.41. The Hall–Kier alpha value is -2.19. The van der Waals surface area contributed by atoms with Crippen molar-refractivity contribution in [2.75, 3.05) is 6.61 Å². The second-order valence-electron chi connectivity index (χ2n) is 5.57. The smallest absolute Gasteiger partial charge is 0.423 e. The van der Waals surface area contributed by atoms with Crippen molar-refractivity contribution in [1.82, 2.24) is 9.78 Å². The number of hydrogen-bond acceptors (Lipinski definition) is 2. The van der Waals surface area contributed by atoms with E-state index in [2.05, 4.69) is 5.10 Å². The Labute approximate surface area is 132 Å². The maximum absolute atomic E-state index is 13.1. The van der Waals surface area contributed by atoms with Gasteiger partial charge in [-0.1, -0.05) is 0 Å². The average Bonchev–Trinajstić information content (AvgIpc) is 3.20. The lowest BCUT2D eigenvalue weighted by Crippen LogP contribution is -2.11. The quantitative estimate of drug-likeness (QED) is 0.748. The van der Waals surface area contributed by atoms with Crippen molar-refractivity contribution in [1.29, 1.82) is 0 Å². The zero-order chi connectivity index (χ0) is 17.5. The Morgan fingerprint density at radius 1 is 1.00 bits per heavy atom. The molecule has 0 radical (unpaired) electrons. The number of rotatable bonds is 4. The Morgan fingerprint density at radius 3 is 2.12 bits per heavy atom. The van der Waals surface area contributed by atoms with Gasteiger partial charge in [-0.15, -0.1) is 0 Å². The standard InChI is InChI=1S/C15H12F6N2O/c16-14(17,18)10-3-5-11(6-4-10)23-13(24-8-9-1-2-9)12(7-22-23)15(19,20)21/h3-7,9H,1-2,8H2. The lowest BCUT2D eigenvalue weighted by molar-refractivity contribution is -0.139. The fraction of sp³-hybridized carbons (Fsp3) is 0.400. The van der Waals surface area contributed by atoms with Crippen molar-refractivity contribution in [2.24, 2.45) is 5.92 Å². The minimum atomic E-state index is -4.66. The van der Waals surface area contributed by atoms with Gasteiger partial charge >= 0.3 is 12.4 Å². The van der Waals surface area contributed by atoms with E-state index in [1.165, 1.54) is 0 Å². The van der Waals surface area contributed by atoms with Crippen molar-refractivity contribution in [3.63, 3.8) is 0 Å². The van der Waals surface area contributed by atoms with Crippen LogP contribution in [0.2, 0.25) is 0 Å². The Bertz CT molecular complexity index is 713. The predicted molar refractivity (Wildman–Crippen MR) is 71.8 cm³/mol. The van der Waals surface area contributed by atoms with Gasteiger partial charge in [0.05, 0.1) is 24.1 Å². The molecule has 3 nitrogen and oxygen atoms in total. The zero-order valence-corrected chi connectivity index (χ0v) is 12.2. The second-order valence-corrected chi connectivity index (χ2v) is 5.57. The van der Waals surface area contributed by atoms with E-state index < -0.39 is 29.4 Å². The van der Waals surface area contributed by atoms with E-state index in [1.54, 1.807) is 0 Å². The summed E-state index contributed by atoms with van der Waals surface area (Å²) < 4.78 is 83.0. The molecule has 0 saturated heterocycles. The normalized spacial score (nSPS) is 15.6. The van der Waals surface area contributed by atoms with Gasteiger partial charge in [0.15, 0.2) is 0 Å². The Balaban J connectivity index is 1.95. The number of aromatic nitrogens is 2. The molecule has 1 fully saturated rings. The summed E-state index contributed by atoms with van der Waals surface area (Å²) in [5, 5.41) is 3.63. The summed E-state index contributed by atoms with van der Waals surface area (Å²) >= 11 is 0. The number of halogens is 6. The maximum Gasteiger partial charge on any atom is 0.423 e. The summed E-state index contributed by atoms with van der Waals surface area (Å²) in [6.45, 7) is 0.120. The van der Waals surface area contributed by atoms with E-state index in [9.17, 15) is 26.3 Å². The minimum Gasteiger partial charge on any atom is -0.477 e. The van der Waals surface area contributed by atoms with Gasteiger partial charge in [0, 0.05) is 0 Å². The molecule has 1 aromatic carbocycles. The molecule has 1 aliphatic carbocycles. The van der Waals surface area contributed by atoms with E-state index in [1.807, 2.05) is 0 Å². The molecule has 0 amide bonds. The van der Waals surface area contributed by atoms with Crippen LogP contribution in [0, 0.1) is 5.92 Å². The maximum atomic E-state index is 13.1. The van der Waals surface area contributed by atoms with Gasteiger partial charge in [0.2, 0.25) is 5.88 Å². The topological polar surface area (TPSA) is 27.1 Å². The summed E-state index contributed by atoms with van der Waals surface area (Å²) in [4.78, 5) is 0. The average molecular weight is 350 g/mol. The van der Waals surface area contributed by atoms with Gasteiger partial charge in [-0.05, 0) is 43.0 Å². The largest absolute Gasteiger partial charge is 0.477 e. The van der Waals surface area contributed by atoms with E-state index in [0.717, 1.165) is 41.8 Å². The molecule has 0 aliphatic heterocycles. The fourth-order valence-corrected chi connectivity index (χ4v) is 2.13. The Kier molecular flexibility index (Phi) is 3.97. The highest BCUT2D eigenvalue weighted by Gasteiger charge is 2.38. The Morgan fingerprint density at radius 2 is 1.62 bits per heavy atom. The van der Waals surface area contributed by atoms with Gasteiger partial charge in [0.1, 0.15) is 5.56 Å². The first-order valence-electron chi connectivity index (χ1n) is 7.12.